The van der Waals surface area contributed by atoms with Crippen LogP contribution in [0.5, 0.6) is 5.75 Å². The zero-order valence-corrected chi connectivity index (χ0v) is 18.6. The van der Waals surface area contributed by atoms with E-state index in [9.17, 15) is 9.59 Å². The van der Waals surface area contributed by atoms with Crippen LogP contribution < -0.4 is 15.4 Å². The SMILES string of the molecule is COCCOc1ccc(Br)cc1C(=O)Nc1ccccc1C(=O)NCc1ccccc1. The molecular weight excluding hydrogens is 460 g/mol. The van der Waals surface area contributed by atoms with Crippen LogP contribution in [0.3, 0.4) is 0 Å². The maximum atomic E-state index is 13.0. The molecule has 7 heteroatoms. The molecule has 0 aliphatic rings. The highest BCUT2D eigenvalue weighted by Gasteiger charge is 2.17. The third kappa shape index (κ3) is 6.41. The fraction of sp³-hybridized carbons (Fsp3) is 0.167. The third-order valence-corrected chi connectivity index (χ3v) is 4.94. The number of amides is 2. The smallest absolute Gasteiger partial charge is 0.259 e. The van der Waals surface area contributed by atoms with Crippen LogP contribution in [0.1, 0.15) is 26.3 Å². The Labute approximate surface area is 189 Å². The lowest BCUT2D eigenvalue weighted by atomic mass is 10.1. The van der Waals surface area contributed by atoms with E-state index in [2.05, 4.69) is 26.6 Å². The van der Waals surface area contributed by atoms with Crippen LogP contribution in [0, 0.1) is 0 Å². The van der Waals surface area contributed by atoms with Crippen molar-refractivity contribution in [3.63, 3.8) is 0 Å². The molecular formula is C24H23BrN2O4. The monoisotopic (exact) mass is 482 g/mol. The number of methoxy groups -OCH3 is 1. The Balaban J connectivity index is 1.75. The second-order valence-electron chi connectivity index (χ2n) is 6.65. The molecule has 0 unspecified atom stereocenters. The second kappa shape index (κ2) is 11.3. The standard InChI is InChI=1S/C24H23BrN2O4/c1-30-13-14-31-22-12-11-18(25)15-20(22)24(29)27-21-10-6-5-9-19(21)23(28)26-16-17-7-3-2-4-8-17/h2-12,15H,13-14,16H2,1H3,(H,26,28)(H,27,29). The Morgan fingerprint density at radius 3 is 2.39 bits per heavy atom. The van der Waals surface area contributed by atoms with Crippen molar-refractivity contribution in [2.45, 2.75) is 6.54 Å². The molecule has 0 aliphatic heterocycles. The van der Waals surface area contributed by atoms with E-state index in [0.717, 1.165) is 10.0 Å². The number of benzene rings is 3. The Morgan fingerprint density at radius 1 is 0.871 bits per heavy atom. The summed E-state index contributed by atoms with van der Waals surface area (Å²) in [6.45, 7) is 1.11. The zero-order valence-electron chi connectivity index (χ0n) is 17.1. The van der Waals surface area contributed by atoms with E-state index in [1.807, 2.05) is 30.3 Å². The molecule has 2 N–H and O–H groups in total. The van der Waals surface area contributed by atoms with E-state index in [4.69, 9.17) is 9.47 Å². The van der Waals surface area contributed by atoms with Gasteiger partial charge in [0.05, 0.1) is 23.4 Å². The lowest BCUT2D eigenvalue weighted by Crippen LogP contribution is -2.25. The molecule has 0 heterocycles. The van der Waals surface area contributed by atoms with Crippen LogP contribution in [-0.4, -0.2) is 32.1 Å². The molecule has 0 spiro atoms. The molecule has 0 bridgehead atoms. The summed E-state index contributed by atoms with van der Waals surface area (Å²) in [5, 5.41) is 5.72. The molecule has 3 aromatic carbocycles. The highest BCUT2D eigenvalue weighted by atomic mass is 79.9. The molecule has 0 atom stereocenters. The summed E-state index contributed by atoms with van der Waals surface area (Å²) in [7, 11) is 1.58. The minimum Gasteiger partial charge on any atom is -0.490 e. The van der Waals surface area contributed by atoms with E-state index in [0.29, 0.717) is 42.3 Å². The molecule has 3 aromatic rings. The van der Waals surface area contributed by atoms with Gasteiger partial charge in [-0.2, -0.15) is 0 Å². The average molecular weight is 483 g/mol. The Kier molecular flexibility index (Phi) is 8.20. The van der Waals surface area contributed by atoms with Crippen molar-refractivity contribution < 1.29 is 19.1 Å². The van der Waals surface area contributed by atoms with Crippen molar-refractivity contribution in [1.82, 2.24) is 5.32 Å². The van der Waals surface area contributed by atoms with Crippen LogP contribution in [0.4, 0.5) is 5.69 Å². The molecule has 0 aromatic heterocycles. The number of halogens is 1. The minimum atomic E-state index is -0.378. The van der Waals surface area contributed by atoms with Crippen LogP contribution in [0.15, 0.2) is 77.3 Å². The van der Waals surface area contributed by atoms with Gasteiger partial charge in [0.25, 0.3) is 11.8 Å². The van der Waals surface area contributed by atoms with Gasteiger partial charge in [0, 0.05) is 18.1 Å². The van der Waals surface area contributed by atoms with Gasteiger partial charge in [-0.3, -0.25) is 9.59 Å². The predicted molar refractivity (Wildman–Crippen MR) is 124 cm³/mol. The first-order valence-corrected chi connectivity index (χ1v) is 10.5. The normalized spacial score (nSPS) is 10.4. The minimum absolute atomic E-state index is 0.273. The van der Waals surface area contributed by atoms with Gasteiger partial charge in [-0.15, -0.1) is 0 Å². The Morgan fingerprint density at radius 2 is 1.61 bits per heavy atom. The van der Waals surface area contributed by atoms with Crippen LogP contribution in [0.2, 0.25) is 0 Å². The first-order chi connectivity index (χ1) is 15.1. The van der Waals surface area contributed by atoms with Gasteiger partial charge < -0.3 is 20.1 Å². The third-order valence-electron chi connectivity index (χ3n) is 4.45. The zero-order chi connectivity index (χ0) is 22.1. The largest absolute Gasteiger partial charge is 0.490 e. The number of nitrogens with one attached hydrogen (secondary N) is 2. The van der Waals surface area contributed by atoms with Crippen molar-refractivity contribution in [2.24, 2.45) is 0 Å². The van der Waals surface area contributed by atoms with E-state index in [1.165, 1.54) is 0 Å². The first kappa shape index (κ1) is 22.5. The molecule has 3 rings (SSSR count). The molecule has 0 radical (unpaired) electrons. The number of carbonyl (C=O) groups is 2. The van der Waals surface area contributed by atoms with Crippen LogP contribution in [0.25, 0.3) is 0 Å². The molecule has 31 heavy (non-hydrogen) atoms. The summed E-state index contributed by atoms with van der Waals surface area (Å²) in [4.78, 5) is 25.7. The van der Waals surface area contributed by atoms with Gasteiger partial charge in [0.15, 0.2) is 0 Å². The average Bonchev–Trinajstić information content (AvgIpc) is 2.79. The summed E-state index contributed by atoms with van der Waals surface area (Å²) in [6, 6.07) is 21.7. The number of hydrogen-bond donors (Lipinski definition) is 2. The maximum Gasteiger partial charge on any atom is 0.259 e. The van der Waals surface area contributed by atoms with E-state index in [-0.39, 0.29) is 11.8 Å². The lowest BCUT2D eigenvalue weighted by molar-refractivity contribution is 0.0952. The van der Waals surface area contributed by atoms with E-state index in [1.54, 1.807) is 49.6 Å². The summed E-state index contributed by atoms with van der Waals surface area (Å²) in [6.07, 6.45) is 0. The molecule has 2 amide bonds. The van der Waals surface area contributed by atoms with Crippen molar-refractivity contribution in [3.05, 3.63) is 94.0 Å². The molecule has 0 aliphatic carbocycles. The number of para-hydroxylation sites is 1. The van der Waals surface area contributed by atoms with Crippen LogP contribution in [-0.2, 0) is 11.3 Å². The number of carbonyl (C=O) groups excluding carboxylic acids is 2. The van der Waals surface area contributed by atoms with Gasteiger partial charge in [0.2, 0.25) is 0 Å². The topological polar surface area (TPSA) is 76.7 Å². The summed E-state index contributed by atoms with van der Waals surface area (Å²) in [5.74, 6) is -0.216. The molecule has 0 saturated heterocycles. The molecule has 6 nitrogen and oxygen atoms in total. The molecule has 0 saturated carbocycles. The number of ether oxygens (including phenoxy) is 2. The van der Waals surface area contributed by atoms with Crippen LogP contribution >= 0.6 is 15.9 Å². The van der Waals surface area contributed by atoms with E-state index < -0.39 is 0 Å². The molecule has 160 valence electrons. The van der Waals surface area contributed by atoms with Gasteiger partial charge in [0.1, 0.15) is 12.4 Å². The Hall–Kier alpha value is -3.16. The fourth-order valence-electron chi connectivity index (χ4n) is 2.89. The predicted octanol–water partition coefficient (Wildman–Crippen LogP) is 4.66. The molecule has 0 fully saturated rings. The van der Waals surface area contributed by atoms with Gasteiger partial charge in [-0.05, 0) is 35.9 Å². The fourth-order valence-corrected chi connectivity index (χ4v) is 3.25. The Bertz CT molecular complexity index is 1040. The van der Waals surface area contributed by atoms with Gasteiger partial charge >= 0.3 is 0 Å². The van der Waals surface area contributed by atoms with E-state index >= 15 is 0 Å². The summed E-state index contributed by atoms with van der Waals surface area (Å²) >= 11 is 3.39. The van der Waals surface area contributed by atoms with Crippen molar-refractivity contribution in [1.29, 1.82) is 0 Å². The van der Waals surface area contributed by atoms with Crippen molar-refractivity contribution in [3.8, 4) is 5.75 Å². The lowest BCUT2D eigenvalue weighted by Gasteiger charge is -2.14. The summed E-state index contributed by atoms with van der Waals surface area (Å²) in [5.41, 5.74) is 2.14. The number of hydrogen-bond acceptors (Lipinski definition) is 4. The highest BCUT2D eigenvalue weighted by molar-refractivity contribution is 9.10. The van der Waals surface area contributed by atoms with Crippen molar-refractivity contribution >= 4 is 33.4 Å². The summed E-state index contributed by atoms with van der Waals surface area (Å²) < 4.78 is 11.4. The number of rotatable bonds is 9. The van der Waals surface area contributed by atoms with Gasteiger partial charge in [-0.25, -0.2) is 0 Å². The van der Waals surface area contributed by atoms with Crippen molar-refractivity contribution in [2.75, 3.05) is 25.6 Å². The quantitative estimate of drug-likeness (QED) is 0.435. The first-order valence-electron chi connectivity index (χ1n) is 9.72. The van der Waals surface area contributed by atoms with Gasteiger partial charge in [-0.1, -0.05) is 58.4 Å². The maximum absolute atomic E-state index is 13.0. The highest BCUT2D eigenvalue weighted by Crippen LogP contribution is 2.25. The number of anilines is 1. The second-order valence-corrected chi connectivity index (χ2v) is 7.57.